The van der Waals surface area contributed by atoms with Crippen LogP contribution < -0.4 is 10.0 Å². The van der Waals surface area contributed by atoms with Crippen LogP contribution in [-0.4, -0.2) is 44.9 Å². The van der Waals surface area contributed by atoms with Crippen molar-refractivity contribution in [1.29, 1.82) is 0 Å². The summed E-state index contributed by atoms with van der Waals surface area (Å²) in [6.07, 6.45) is 2.98. The SMILES string of the molecule is CCC(C)NS(=O)(=O)c1ccc(NC(=O)CN2CCC(C)CC2)cc1. The van der Waals surface area contributed by atoms with Crippen LogP contribution in [0.1, 0.15) is 40.0 Å². The van der Waals surface area contributed by atoms with Crippen LogP contribution in [0.4, 0.5) is 5.69 Å². The van der Waals surface area contributed by atoms with Crippen molar-refractivity contribution in [2.45, 2.75) is 51.0 Å². The van der Waals surface area contributed by atoms with Gasteiger partial charge >= 0.3 is 0 Å². The van der Waals surface area contributed by atoms with E-state index >= 15 is 0 Å². The molecule has 0 bridgehead atoms. The molecule has 2 N–H and O–H groups in total. The zero-order chi connectivity index (χ0) is 18.4. The van der Waals surface area contributed by atoms with Gasteiger partial charge in [0.25, 0.3) is 0 Å². The van der Waals surface area contributed by atoms with E-state index in [2.05, 4.69) is 21.9 Å². The second-order valence-corrected chi connectivity index (χ2v) is 8.68. The highest BCUT2D eigenvalue weighted by Crippen LogP contribution is 2.17. The highest BCUT2D eigenvalue weighted by Gasteiger charge is 2.19. The zero-order valence-electron chi connectivity index (χ0n) is 15.3. The van der Waals surface area contributed by atoms with Crippen LogP contribution in [0.15, 0.2) is 29.2 Å². The molecular formula is C18H29N3O3S. The van der Waals surface area contributed by atoms with Crippen LogP contribution >= 0.6 is 0 Å². The van der Waals surface area contributed by atoms with Crippen molar-refractivity contribution in [3.63, 3.8) is 0 Å². The number of likely N-dealkylation sites (tertiary alicyclic amines) is 1. The molecule has 0 spiro atoms. The average Bonchev–Trinajstić information content (AvgIpc) is 2.57. The molecule has 1 aromatic rings. The summed E-state index contributed by atoms with van der Waals surface area (Å²) in [7, 11) is -3.52. The van der Waals surface area contributed by atoms with Gasteiger partial charge in [0.15, 0.2) is 0 Å². The Morgan fingerprint density at radius 1 is 1.24 bits per heavy atom. The summed E-state index contributed by atoms with van der Waals surface area (Å²) in [6.45, 7) is 8.27. The molecule has 0 aromatic heterocycles. The van der Waals surface area contributed by atoms with E-state index in [1.54, 1.807) is 12.1 Å². The van der Waals surface area contributed by atoms with Crippen LogP contribution in [-0.2, 0) is 14.8 Å². The molecule has 140 valence electrons. The summed E-state index contributed by atoms with van der Waals surface area (Å²) in [5.74, 6) is 0.667. The molecule has 1 amide bonds. The van der Waals surface area contributed by atoms with E-state index in [0.29, 0.717) is 12.2 Å². The predicted octanol–water partition coefficient (Wildman–Crippen LogP) is 2.43. The Morgan fingerprint density at radius 3 is 2.40 bits per heavy atom. The number of sulfonamides is 1. The minimum Gasteiger partial charge on any atom is -0.325 e. The lowest BCUT2D eigenvalue weighted by Crippen LogP contribution is -2.38. The fourth-order valence-corrected chi connectivity index (χ4v) is 4.08. The van der Waals surface area contributed by atoms with E-state index in [-0.39, 0.29) is 16.8 Å². The maximum absolute atomic E-state index is 12.2. The number of carbonyl (C=O) groups excluding carboxylic acids is 1. The monoisotopic (exact) mass is 367 g/mol. The molecule has 1 aromatic carbocycles. The predicted molar refractivity (Wildman–Crippen MR) is 100.0 cm³/mol. The standard InChI is InChI=1S/C18H29N3O3S/c1-4-15(3)20-25(23,24)17-7-5-16(6-8-17)19-18(22)13-21-11-9-14(2)10-12-21/h5-8,14-15,20H,4,9-13H2,1-3H3,(H,19,22). The third-order valence-electron chi connectivity index (χ3n) is 4.66. The first kappa shape index (κ1) is 19.9. The first-order valence-electron chi connectivity index (χ1n) is 8.94. The Hall–Kier alpha value is -1.44. The lowest BCUT2D eigenvalue weighted by atomic mass is 9.99. The Bertz CT molecular complexity index is 665. The number of hydrogen-bond acceptors (Lipinski definition) is 4. The van der Waals surface area contributed by atoms with Gasteiger partial charge in [-0.3, -0.25) is 9.69 Å². The molecule has 2 rings (SSSR count). The van der Waals surface area contributed by atoms with Crippen LogP contribution in [0, 0.1) is 5.92 Å². The van der Waals surface area contributed by atoms with E-state index in [4.69, 9.17) is 0 Å². The molecular weight excluding hydrogens is 338 g/mol. The van der Waals surface area contributed by atoms with Crippen molar-refractivity contribution in [2.75, 3.05) is 25.0 Å². The average molecular weight is 368 g/mol. The zero-order valence-corrected chi connectivity index (χ0v) is 16.1. The van der Waals surface area contributed by atoms with Gasteiger partial charge in [-0.15, -0.1) is 0 Å². The van der Waals surface area contributed by atoms with Crippen molar-refractivity contribution in [3.8, 4) is 0 Å². The third-order valence-corrected chi connectivity index (χ3v) is 6.27. The number of benzene rings is 1. The van der Waals surface area contributed by atoms with Gasteiger partial charge in [-0.25, -0.2) is 13.1 Å². The van der Waals surface area contributed by atoms with Crippen molar-refractivity contribution in [2.24, 2.45) is 5.92 Å². The van der Waals surface area contributed by atoms with Crippen molar-refractivity contribution < 1.29 is 13.2 Å². The molecule has 0 saturated carbocycles. The van der Waals surface area contributed by atoms with Crippen molar-refractivity contribution >= 4 is 21.6 Å². The molecule has 25 heavy (non-hydrogen) atoms. The first-order chi connectivity index (χ1) is 11.8. The fourth-order valence-electron chi connectivity index (χ4n) is 2.76. The van der Waals surface area contributed by atoms with Crippen LogP contribution in [0.25, 0.3) is 0 Å². The van der Waals surface area contributed by atoms with Crippen LogP contribution in [0.2, 0.25) is 0 Å². The smallest absolute Gasteiger partial charge is 0.240 e. The van der Waals surface area contributed by atoms with Gasteiger partial charge in [-0.2, -0.15) is 0 Å². The number of rotatable bonds is 7. The highest BCUT2D eigenvalue weighted by atomic mass is 32.2. The Labute approximate surface area is 151 Å². The maximum atomic E-state index is 12.2. The Balaban J connectivity index is 1.90. The molecule has 1 aliphatic heterocycles. The number of amides is 1. The Kier molecular flexibility index (Phi) is 6.98. The molecule has 1 aliphatic rings. The molecule has 6 nitrogen and oxygen atoms in total. The summed E-state index contributed by atoms with van der Waals surface area (Å²) in [6, 6.07) is 6.17. The number of piperidine rings is 1. The quantitative estimate of drug-likeness (QED) is 0.776. The molecule has 1 saturated heterocycles. The van der Waals surface area contributed by atoms with Gasteiger partial charge in [0.2, 0.25) is 15.9 Å². The number of nitrogens with zero attached hydrogens (tertiary/aromatic N) is 1. The summed E-state index contributed by atoms with van der Waals surface area (Å²) >= 11 is 0. The van der Waals surface area contributed by atoms with Gasteiger partial charge in [-0.05, 0) is 69.5 Å². The summed E-state index contributed by atoms with van der Waals surface area (Å²) in [4.78, 5) is 14.5. The largest absolute Gasteiger partial charge is 0.325 e. The summed E-state index contributed by atoms with van der Waals surface area (Å²) in [5.41, 5.74) is 0.609. The Morgan fingerprint density at radius 2 is 1.84 bits per heavy atom. The number of hydrogen-bond donors (Lipinski definition) is 2. The molecule has 1 unspecified atom stereocenters. The number of anilines is 1. The third kappa shape index (κ3) is 6.09. The lowest BCUT2D eigenvalue weighted by Gasteiger charge is -2.29. The minimum absolute atomic E-state index is 0.0668. The van der Waals surface area contributed by atoms with E-state index in [9.17, 15) is 13.2 Å². The normalized spacial score (nSPS) is 18.0. The van der Waals surface area contributed by atoms with E-state index in [1.165, 1.54) is 12.1 Å². The lowest BCUT2D eigenvalue weighted by molar-refractivity contribution is -0.117. The number of carbonyl (C=O) groups is 1. The molecule has 0 aliphatic carbocycles. The second kappa shape index (κ2) is 8.78. The van der Waals surface area contributed by atoms with Crippen molar-refractivity contribution in [1.82, 2.24) is 9.62 Å². The second-order valence-electron chi connectivity index (χ2n) is 6.96. The van der Waals surface area contributed by atoms with Gasteiger partial charge < -0.3 is 5.32 Å². The molecule has 1 fully saturated rings. The summed E-state index contributed by atoms with van der Waals surface area (Å²) in [5, 5.41) is 2.84. The topological polar surface area (TPSA) is 78.5 Å². The van der Waals surface area contributed by atoms with Gasteiger partial charge in [0.05, 0.1) is 11.4 Å². The van der Waals surface area contributed by atoms with E-state index in [1.807, 2.05) is 13.8 Å². The van der Waals surface area contributed by atoms with E-state index < -0.39 is 10.0 Å². The van der Waals surface area contributed by atoms with Gasteiger partial charge in [0, 0.05) is 11.7 Å². The molecule has 7 heteroatoms. The van der Waals surface area contributed by atoms with Gasteiger partial charge in [-0.1, -0.05) is 13.8 Å². The highest BCUT2D eigenvalue weighted by molar-refractivity contribution is 7.89. The minimum atomic E-state index is -3.52. The fraction of sp³-hybridized carbons (Fsp3) is 0.611. The maximum Gasteiger partial charge on any atom is 0.240 e. The first-order valence-corrected chi connectivity index (χ1v) is 10.4. The van der Waals surface area contributed by atoms with Crippen molar-refractivity contribution in [3.05, 3.63) is 24.3 Å². The number of nitrogens with one attached hydrogen (secondary N) is 2. The molecule has 0 radical (unpaired) electrons. The van der Waals surface area contributed by atoms with Crippen LogP contribution in [0.3, 0.4) is 0 Å². The molecule has 1 heterocycles. The van der Waals surface area contributed by atoms with Crippen LogP contribution in [0.5, 0.6) is 0 Å². The summed E-state index contributed by atoms with van der Waals surface area (Å²) < 4.78 is 27.1. The van der Waals surface area contributed by atoms with Gasteiger partial charge in [0.1, 0.15) is 0 Å². The molecule has 1 atom stereocenters. The van der Waals surface area contributed by atoms with E-state index in [0.717, 1.165) is 38.3 Å².